The van der Waals surface area contributed by atoms with Crippen LogP contribution in [0.25, 0.3) is 0 Å². The fourth-order valence-corrected chi connectivity index (χ4v) is 3.58. The van der Waals surface area contributed by atoms with E-state index < -0.39 is 0 Å². The van der Waals surface area contributed by atoms with Crippen molar-refractivity contribution >= 4 is 17.6 Å². The zero-order valence-corrected chi connectivity index (χ0v) is 12.0. The molecule has 0 aromatic carbocycles. The smallest absolute Gasteiger partial charge is 0.323 e. The molecule has 2 aliphatic heterocycles. The standard InChI is InChI=1S/C13H18ClN3O2/c1-8-11(12(14)16(2)15-8)9-4-3-6-17(9)10-5-7-19-13(10)18/h9-10H,3-7H2,1-2H3/t9-,10-/m1/s1. The summed E-state index contributed by atoms with van der Waals surface area (Å²) in [6, 6.07) is 0.0834. The summed E-state index contributed by atoms with van der Waals surface area (Å²) in [6.07, 6.45) is 2.89. The van der Waals surface area contributed by atoms with Gasteiger partial charge in [0.05, 0.1) is 12.3 Å². The zero-order valence-electron chi connectivity index (χ0n) is 11.2. The highest BCUT2D eigenvalue weighted by Crippen LogP contribution is 2.39. The molecule has 0 unspecified atom stereocenters. The molecule has 1 aromatic rings. The Kier molecular flexibility index (Phi) is 3.27. The van der Waals surface area contributed by atoms with Crippen molar-refractivity contribution in [3.63, 3.8) is 0 Å². The molecule has 0 N–H and O–H groups in total. The Balaban J connectivity index is 1.93. The number of aryl methyl sites for hydroxylation is 2. The number of rotatable bonds is 2. The first-order valence-electron chi connectivity index (χ1n) is 6.71. The molecule has 0 amide bonds. The van der Waals surface area contributed by atoms with Crippen LogP contribution < -0.4 is 0 Å². The molecule has 19 heavy (non-hydrogen) atoms. The number of halogens is 1. The second-order valence-electron chi connectivity index (χ2n) is 5.28. The molecule has 2 saturated heterocycles. The summed E-state index contributed by atoms with van der Waals surface area (Å²) >= 11 is 6.36. The van der Waals surface area contributed by atoms with Crippen LogP contribution in [0.4, 0.5) is 0 Å². The summed E-state index contributed by atoms with van der Waals surface area (Å²) in [4.78, 5) is 14.0. The molecule has 2 aliphatic rings. The number of likely N-dealkylation sites (tertiary alicyclic amines) is 1. The van der Waals surface area contributed by atoms with Gasteiger partial charge in [-0.3, -0.25) is 14.4 Å². The fourth-order valence-electron chi connectivity index (χ4n) is 3.28. The number of ether oxygens (including phenoxy) is 1. The lowest BCUT2D eigenvalue weighted by Gasteiger charge is -2.28. The monoisotopic (exact) mass is 283 g/mol. The van der Waals surface area contributed by atoms with Crippen molar-refractivity contribution < 1.29 is 9.53 Å². The summed E-state index contributed by atoms with van der Waals surface area (Å²) in [6.45, 7) is 3.44. The Morgan fingerprint density at radius 1 is 1.37 bits per heavy atom. The van der Waals surface area contributed by atoms with Gasteiger partial charge in [-0.1, -0.05) is 11.6 Å². The second-order valence-corrected chi connectivity index (χ2v) is 5.64. The molecule has 2 atom stereocenters. The van der Waals surface area contributed by atoms with Crippen LogP contribution in [-0.4, -0.2) is 39.8 Å². The van der Waals surface area contributed by atoms with Crippen LogP contribution in [0.5, 0.6) is 0 Å². The molecule has 6 heteroatoms. The van der Waals surface area contributed by atoms with Gasteiger partial charge in [0.25, 0.3) is 0 Å². The van der Waals surface area contributed by atoms with Gasteiger partial charge in [-0.25, -0.2) is 0 Å². The molecule has 104 valence electrons. The molecule has 1 aromatic heterocycles. The summed E-state index contributed by atoms with van der Waals surface area (Å²) < 4.78 is 6.80. The van der Waals surface area contributed by atoms with E-state index in [9.17, 15) is 4.79 Å². The number of hydrogen-bond acceptors (Lipinski definition) is 4. The third-order valence-electron chi connectivity index (χ3n) is 4.13. The Morgan fingerprint density at radius 3 is 2.74 bits per heavy atom. The first kappa shape index (κ1) is 12.9. The first-order valence-corrected chi connectivity index (χ1v) is 7.08. The molecule has 5 nitrogen and oxygen atoms in total. The van der Waals surface area contributed by atoms with E-state index in [4.69, 9.17) is 16.3 Å². The summed E-state index contributed by atoms with van der Waals surface area (Å²) in [5.74, 6) is -0.0930. The zero-order chi connectivity index (χ0) is 13.6. The van der Waals surface area contributed by atoms with E-state index in [2.05, 4.69) is 10.00 Å². The minimum absolute atomic E-state index is 0.0930. The second kappa shape index (κ2) is 4.80. The Hall–Kier alpha value is -1.07. The predicted molar refractivity (Wildman–Crippen MR) is 71.0 cm³/mol. The van der Waals surface area contributed by atoms with E-state index in [1.165, 1.54) is 0 Å². The van der Waals surface area contributed by atoms with E-state index in [1.54, 1.807) is 4.68 Å². The highest BCUT2D eigenvalue weighted by atomic mass is 35.5. The van der Waals surface area contributed by atoms with Crippen LogP contribution in [0.1, 0.15) is 36.6 Å². The SMILES string of the molecule is Cc1nn(C)c(Cl)c1[C@H]1CCCN1[C@@H]1CCOC1=O. The average Bonchev–Trinajstić information content (AvgIpc) is 3.02. The maximum atomic E-state index is 11.8. The summed E-state index contributed by atoms with van der Waals surface area (Å²) in [5, 5.41) is 5.06. The van der Waals surface area contributed by atoms with Crippen molar-refractivity contribution in [3.8, 4) is 0 Å². The Labute approximate surface area is 117 Å². The molecule has 3 heterocycles. The van der Waals surface area contributed by atoms with E-state index in [-0.39, 0.29) is 18.1 Å². The van der Waals surface area contributed by atoms with Gasteiger partial charge in [-0.15, -0.1) is 0 Å². The highest BCUT2D eigenvalue weighted by molar-refractivity contribution is 6.30. The van der Waals surface area contributed by atoms with Crippen LogP contribution in [0, 0.1) is 6.92 Å². The molecule has 0 spiro atoms. The van der Waals surface area contributed by atoms with E-state index in [1.807, 2.05) is 14.0 Å². The predicted octanol–water partition coefficient (Wildman–Crippen LogP) is 1.83. The number of esters is 1. The van der Waals surface area contributed by atoms with Crippen LogP contribution in [0.3, 0.4) is 0 Å². The van der Waals surface area contributed by atoms with E-state index in [0.717, 1.165) is 37.1 Å². The average molecular weight is 284 g/mol. The van der Waals surface area contributed by atoms with Crippen molar-refractivity contribution in [2.75, 3.05) is 13.2 Å². The van der Waals surface area contributed by atoms with Crippen molar-refractivity contribution in [1.29, 1.82) is 0 Å². The molecule has 0 radical (unpaired) electrons. The molecule has 2 fully saturated rings. The van der Waals surface area contributed by atoms with Gasteiger partial charge < -0.3 is 4.74 Å². The van der Waals surface area contributed by atoms with Crippen molar-refractivity contribution in [2.24, 2.45) is 7.05 Å². The van der Waals surface area contributed by atoms with Crippen LogP contribution in [0.2, 0.25) is 5.15 Å². The van der Waals surface area contributed by atoms with Gasteiger partial charge in [0, 0.05) is 25.1 Å². The summed E-state index contributed by atoms with van der Waals surface area (Å²) in [7, 11) is 1.85. The topological polar surface area (TPSA) is 47.4 Å². The number of carbonyl (C=O) groups excluding carboxylic acids is 1. The molecule has 0 saturated carbocycles. The minimum atomic E-state index is -0.108. The maximum Gasteiger partial charge on any atom is 0.323 e. The summed E-state index contributed by atoms with van der Waals surface area (Å²) in [5.41, 5.74) is 2.03. The molecular weight excluding hydrogens is 266 g/mol. The largest absolute Gasteiger partial charge is 0.464 e. The maximum absolute atomic E-state index is 11.8. The number of nitrogens with zero attached hydrogens (tertiary/aromatic N) is 3. The number of carbonyl (C=O) groups is 1. The minimum Gasteiger partial charge on any atom is -0.464 e. The lowest BCUT2D eigenvalue weighted by atomic mass is 10.0. The van der Waals surface area contributed by atoms with Gasteiger partial charge in [-0.05, 0) is 26.3 Å². The van der Waals surface area contributed by atoms with Crippen molar-refractivity contribution in [1.82, 2.24) is 14.7 Å². The lowest BCUT2D eigenvalue weighted by Crippen LogP contribution is -2.38. The van der Waals surface area contributed by atoms with Gasteiger partial charge in [0.1, 0.15) is 11.2 Å². The van der Waals surface area contributed by atoms with Gasteiger partial charge in [0.15, 0.2) is 0 Å². The third kappa shape index (κ3) is 2.05. The molecule has 0 aliphatic carbocycles. The highest BCUT2D eigenvalue weighted by Gasteiger charge is 2.41. The fraction of sp³-hybridized carbons (Fsp3) is 0.692. The van der Waals surface area contributed by atoms with E-state index >= 15 is 0 Å². The van der Waals surface area contributed by atoms with Crippen molar-refractivity contribution in [3.05, 3.63) is 16.4 Å². The Morgan fingerprint density at radius 2 is 2.16 bits per heavy atom. The Bertz CT molecular complexity index is 514. The van der Waals surface area contributed by atoms with Crippen molar-refractivity contribution in [2.45, 2.75) is 38.3 Å². The normalized spacial score (nSPS) is 28.1. The van der Waals surface area contributed by atoms with Gasteiger partial charge >= 0.3 is 5.97 Å². The molecular formula is C13H18ClN3O2. The number of aromatic nitrogens is 2. The van der Waals surface area contributed by atoms with Gasteiger partial charge in [0.2, 0.25) is 0 Å². The number of hydrogen-bond donors (Lipinski definition) is 0. The molecule has 3 rings (SSSR count). The lowest BCUT2D eigenvalue weighted by molar-refractivity contribution is -0.142. The number of cyclic esters (lactones) is 1. The van der Waals surface area contributed by atoms with Crippen LogP contribution in [0.15, 0.2) is 0 Å². The third-order valence-corrected chi connectivity index (χ3v) is 4.58. The van der Waals surface area contributed by atoms with E-state index in [0.29, 0.717) is 11.8 Å². The quantitative estimate of drug-likeness (QED) is 0.777. The van der Waals surface area contributed by atoms with Crippen LogP contribution in [-0.2, 0) is 16.6 Å². The first-order chi connectivity index (χ1) is 9.09. The van der Waals surface area contributed by atoms with Crippen LogP contribution >= 0.6 is 11.6 Å². The molecule has 0 bridgehead atoms. The van der Waals surface area contributed by atoms with Gasteiger partial charge in [-0.2, -0.15) is 5.10 Å².